The summed E-state index contributed by atoms with van der Waals surface area (Å²) in [5.41, 5.74) is 0. The molecule has 54 valence electrons. The highest BCUT2D eigenvalue weighted by atomic mass is 35.5. The van der Waals surface area contributed by atoms with Gasteiger partial charge in [-0.15, -0.1) is 11.6 Å². The SMILES string of the molecule is OC/C=C/C#C[C@@H]1C[C@H]1Cl. The summed E-state index contributed by atoms with van der Waals surface area (Å²) in [6, 6.07) is 0. The van der Waals surface area contributed by atoms with Gasteiger partial charge in [-0.05, 0) is 12.5 Å². The highest BCUT2D eigenvalue weighted by molar-refractivity contribution is 6.22. The van der Waals surface area contributed by atoms with Crippen molar-refractivity contribution < 1.29 is 5.11 Å². The highest BCUT2D eigenvalue weighted by Gasteiger charge is 2.33. The van der Waals surface area contributed by atoms with E-state index >= 15 is 0 Å². The second kappa shape index (κ2) is 3.65. The lowest BCUT2D eigenvalue weighted by molar-refractivity contribution is 0.343. The van der Waals surface area contributed by atoms with Crippen molar-refractivity contribution in [2.75, 3.05) is 6.61 Å². The van der Waals surface area contributed by atoms with Crippen molar-refractivity contribution in [2.24, 2.45) is 5.92 Å². The average Bonchev–Trinajstić information content (AvgIpc) is 2.60. The summed E-state index contributed by atoms with van der Waals surface area (Å²) < 4.78 is 0. The van der Waals surface area contributed by atoms with Crippen LogP contribution in [-0.2, 0) is 0 Å². The second-order valence-electron chi connectivity index (χ2n) is 2.23. The van der Waals surface area contributed by atoms with Gasteiger partial charge in [-0.3, -0.25) is 0 Å². The molecule has 2 heteroatoms. The molecule has 0 unspecified atom stereocenters. The Balaban J connectivity index is 2.20. The summed E-state index contributed by atoms with van der Waals surface area (Å²) in [6.07, 6.45) is 4.28. The molecule has 1 aliphatic carbocycles. The standard InChI is InChI=1S/C8H9ClO/c9-8-6-7(8)4-2-1-3-5-10/h1,3,7-8,10H,5-6H2/b3-1+/t7-,8-/m1/s1. The van der Waals surface area contributed by atoms with Crippen molar-refractivity contribution in [3.8, 4) is 11.8 Å². The van der Waals surface area contributed by atoms with E-state index in [1.807, 2.05) is 0 Å². The minimum Gasteiger partial charge on any atom is -0.392 e. The Morgan fingerprint density at radius 3 is 2.90 bits per heavy atom. The molecule has 1 saturated carbocycles. The van der Waals surface area contributed by atoms with Crippen molar-refractivity contribution in [3.05, 3.63) is 12.2 Å². The second-order valence-corrected chi connectivity index (χ2v) is 2.79. The van der Waals surface area contributed by atoms with Crippen molar-refractivity contribution >= 4 is 11.6 Å². The van der Waals surface area contributed by atoms with Crippen LogP contribution in [-0.4, -0.2) is 17.1 Å². The first-order valence-electron chi connectivity index (χ1n) is 3.25. The summed E-state index contributed by atoms with van der Waals surface area (Å²) in [6.45, 7) is 0.0592. The molecule has 0 heterocycles. The van der Waals surface area contributed by atoms with E-state index in [0.29, 0.717) is 5.92 Å². The highest BCUT2D eigenvalue weighted by Crippen LogP contribution is 2.34. The van der Waals surface area contributed by atoms with Crippen LogP contribution in [0.1, 0.15) is 6.42 Å². The number of halogens is 1. The minimum absolute atomic E-state index is 0.0592. The van der Waals surface area contributed by atoms with E-state index in [4.69, 9.17) is 16.7 Å². The van der Waals surface area contributed by atoms with Gasteiger partial charge in [0, 0.05) is 11.3 Å². The van der Waals surface area contributed by atoms with Crippen molar-refractivity contribution in [3.63, 3.8) is 0 Å². The third-order valence-electron chi connectivity index (χ3n) is 1.29. The molecule has 0 aromatic carbocycles. The van der Waals surface area contributed by atoms with Gasteiger partial charge in [0.1, 0.15) is 0 Å². The largest absolute Gasteiger partial charge is 0.392 e. The van der Waals surface area contributed by atoms with Gasteiger partial charge < -0.3 is 5.11 Å². The molecule has 1 N–H and O–H groups in total. The normalized spacial score (nSPS) is 29.8. The monoisotopic (exact) mass is 156 g/mol. The Labute approximate surface area is 65.7 Å². The summed E-state index contributed by atoms with van der Waals surface area (Å²) in [4.78, 5) is 0. The minimum atomic E-state index is 0.0592. The molecule has 1 rings (SSSR count). The van der Waals surface area contributed by atoms with Gasteiger partial charge in [0.2, 0.25) is 0 Å². The summed E-state index contributed by atoms with van der Waals surface area (Å²) in [5.74, 6) is 6.16. The molecule has 1 nitrogen and oxygen atoms in total. The van der Waals surface area contributed by atoms with Gasteiger partial charge in [0.15, 0.2) is 0 Å². The van der Waals surface area contributed by atoms with Gasteiger partial charge in [-0.25, -0.2) is 0 Å². The number of aliphatic hydroxyl groups excluding tert-OH is 1. The van der Waals surface area contributed by atoms with E-state index in [9.17, 15) is 0 Å². The first-order chi connectivity index (χ1) is 4.84. The fraction of sp³-hybridized carbons (Fsp3) is 0.500. The van der Waals surface area contributed by atoms with Crippen LogP contribution in [0.5, 0.6) is 0 Å². The number of allylic oxidation sites excluding steroid dienone is 1. The van der Waals surface area contributed by atoms with Gasteiger partial charge in [0.25, 0.3) is 0 Å². The lowest BCUT2D eigenvalue weighted by Crippen LogP contribution is -1.71. The van der Waals surface area contributed by atoms with Crippen LogP contribution in [0.4, 0.5) is 0 Å². The Hall–Kier alpha value is -0.450. The summed E-state index contributed by atoms with van der Waals surface area (Å²) in [5, 5.41) is 8.59. The van der Waals surface area contributed by atoms with Gasteiger partial charge in [0.05, 0.1) is 6.61 Å². The molecule has 0 aromatic heterocycles. The van der Waals surface area contributed by atoms with E-state index in [1.165, 1.54) is 0 Å². The van der Waals surface area contributed by atoms with Crippen LogP contribution in [0.15, 0.2) is 12.2 Å². The zero-order chi connectivity index (χ0) is 7.40. The van der Waals surface area contributed by atoms with E-state index < -0.39 is 0 Å². The van der Waals surface area contributed by atoms with Crippen LogP contribution >= 0.6 is 11.6 Å². The molecule has 0 spiro atoms. The maximum absolute atomic E-state index is 8.32. The average molecular weight is 157 g/mol. The Morgan fingerprint density at radius 1 is 1.70 bits per heavy atom. The Morgan fingerprint density at radius 2 is 2.40 bits per heavy atom. The molecule has 2 atom stereocenters. The predicted octanol–water partition coefficient (Wildman–Crippen LogP) is 1.17. The van der Waals surface area contributed by atoms with Crippen molar-refractivity contribution in [1.82, 2.24) is 0 Å². The topological polar surface area (TPSA) is 20.2 Å². The molecule has 0 bridgehead atoms. The fourth-order valence-electron chi connectivity index (χ4n) is 0.580. The van der Waals surface area contributed by atoms with Crippen LogP contribution in [0, 0.1) is 17.8 Å². The number of aliphatic hydroxyl groups is 1. The lowest BCUT2D eigenvalue weighted by Gasteiger charge is -1.73. The van der Waals surface area contributed by atoms with Crippen molar-refractivity contribution in [2.45, 2.75) is 11.8 Å². The molecular weight excluding hydrogens is 148 g/mol. The maximum Gasteiger partial charge on any atom is 0.0621 e. The third-order valence-corrected chi connectivity index (χ3v) is 1.77. The zero-order valence-corrected chi connectivity index (χ0v) is 6.30. The van der Waals surface area contributed by atoms with E-state index in [-0.39, 0.29) is 12.0 Å². The van der Waals surface area contributed by atoms with Gasteiger partial charge in [-0.2, -0.15) is 0 Å². The number of hydrogen-bond donors (Lipinski definition) is 1. The summed E-state index contributed by atoms with van der Waals surface area (Å²) >= 11 is 5.69. The summed E-state index contributed by atoms with van der Waals surface area (Å²) in [7, 11) is 0. The lowest BCUT2D eigenvalue weighted by atomic mass is 10.4. The van der Waals surface area contributed by atoms with E-state index in [1.54, 1.807) is 12.2 Å². The number of rotatable bonds is 1. The quantitative estimate of drug-likeness (QED) is 0.446. The molecule has 0 aromatic rings. The maximum atomic E-state index is 8.32. The van der Waals surface area contributed by atoms with Crippen LogP contribution in [0.2, 0.25) is 0 Å². The van der Waals surface area contributed by atoms with Gasteiger partial charge >= 0.3 is 0 Å². The molecule has 0 radical (unpaired) electrons. The predicted molar refractivity (Wildman–Crippen MR) is 41.7 cm³/mol. The first-order valence-corrected chi connectivity index (χ1v) is 3.69. The molecular formula is C8H9ClO. The molecule has 0 aliphatic heterocycles. The van der Waals surface area contributed by atoms with E-state index in [0.717, 1.165) is 6.42 Å². The Bertz CT molecular complexity index is 187. The van der Waals surface area contributed by atoms with E-state index in [2.05, 4.69) is 11.8 Å². The van der Waals surface area contributed by atoms with Crippen molar-refractivity contribution in [1.29, 1.82) is 0 Å². The molecule has 1 aliphatic rings. The van der Waals surface area contributed by atoms with Crippen LogP contribution in [0.3, 0.4) is 0 Å². The third kappa shape index (κ3) is 2.43. The molecule has 0 amide bonds. The fourth-order valence-corrected chi connectivity index (χ4v) is 0.835. The van der Waals surface area contributed by atoms with Gasteiger partial charge in [-0.1, -0.05) is 17.9 Å². The Kier molecular flexibility index (Phi) is 2.80. The zero-order valence-electron chi connectivity index (χ0n) is 5.55. The number of hydrogen-bond acceptors (Lipinski definition) is 1. The molecule has 10 heavy (non-hydrogen) atoms. The number of alkyl halides is 1. The van der Waals surface area contributed by atoms with Crippen LogP contribution < -0.4 is 0 Å². The first kappa shape index (κ1) is 7.65. The van der Waals surface area contributed by atoms with Crippen LogP contribution in [0.25, 0.3) is 0 Å². The molecule has 1 fully saturated rings. The molecule has 0 saturated heterocycles. The smallest absolute Gasteiger partial charge is 0.0621 e.